The normalized spacial score (nSPS) is 19.2. The lowest BCUT2D eigenvalue weighted by Gasteiger charge is -2.49. The van der Waals surface area contributed by atoms with Gasteiger partial charge < -0.3 is 31.8 Å². The van der Waals surface area contributed by atoms with Crippen LogP contribution in [0, 0.1) is 6.92 Å². The molecule has 5 rings (SSSR count). The maximum atomic E-state index is 13.2. The van der Waals surface area contributed by atoms with Crippen LogP contribution in [0.3, 0.4) is 0 Å². The molecule has 2 amide bonds. The molecular formula is C23H25N10O7S3+. The number of hydrogen-bond donors (Lipinski definition) is 5. The highest BCUT2D eigenvalue weighted by atomic mass is 32.2. The fourth-order valence-electron chi connectivity index (χ4n) is 4.33. The van der Waals surface area contributed by atoms with Crippen LogP contribution < -0.4 is 21.4 Å². The van der Waals surface area contributed by atoms with Crippen molar-refractivity contribution in [2.24, 2.45) is 12.2 Å². The molecule has 226 valence electrons. The molecule has 7 N–H and O–H groups in total. The number of aliphatic carboxylic acids is 2. The standard InChI is InChI=1S/C23H24N10O7S3/c1-8-15(24)29-23(33-17(8)31(3)7-26-33)43-5-10-4-41-19-13(18(35)32(19)14(10)21(38)39)28-16(34)12(11-6-42-22(25)27-11)30-40-9(2)20(36)37/h6-7,9,13,19,24H,4-5H2,1-3H3,(H5,25,27,28,34,36,37,38,39)/p+1/b30-12-/t9-,13?,19+/m1/s1. The van der Waals surface area contributed by atoms with Crippen LogP contribution in [0.2, 0.25) is 0 Å². The van der Waals surface area contributed by atoms with E-state index < -0.39 is 41.3 Å². The van der Waals surface area contributed by atoms with Crippen LogP contribution >= 0.6 is 34.9 Å². The number of fused-ring (bicyclic) bond motifs is 2. The minimum absolute atomic E-state index is 0.0215. The van der Waals surface area contributed by atoms with Crippen molar-refractivity contribution in [3.05, 3.63) is 34.2 Å². The second-order valence-corrected chi connectivity index (χ2v) is 12.3. The molecule has 1 saturated heterocycles. The SMILES string of the molecule is Cc1c(N)nc(SCC2=C(C(=O)O)N3C(=O)C(NC(=O)/C(=N\O[C@H](C)C(=O)O)c4csc(N)n4)[C@@H]3SC2)n2nc[n+](C)c12. The maximum Gasteiger partial charge on any atom is 0.352 e. The summed E-state index contributed by atoms with van der Waals surface area (Å²) in [7, 11) is 1.82. The van der Waals surface area contributed by atoms with E-state index in [0.29, 0.717) is 16.5 Å². The lowest BCUT2D eigenvalue weighted by Crippen LogP contribution is -2.71. The van der Waals surface area contributed by atoms with Crippen LogP contribution in [0.15, 0.2) is 33.3 Å². The number of thioether (sulfide) groups is 2. The first-order valence-corrected chi connectivity index (χ1v) is 15.3. The topological polar surface area (TPSA) is 245 Å². The number of anilines is 2. The smallest absolute Gasteiger partial charge is 0.352 e. The van der Waals surface area contributed by atoms with Crippen molar-refractivity contribution in [1.29, 1.82) is 0 Å². The molecule has 17 nitrogen and oxygen atoms in total. The molecule has 3 aromatic rings. The van der Waals surface area contributed by atoms with Gasteiger partial charge in [-0.05, 0) is 23.9 Å². The number of carboxylic acid groups (broad SMARTS) is 2. The summed E-state index contributed by atoms with van der Waals surface area (Å²) in [5.74, 6) is -3.34. The predicted octanol–water partition coefficient (Wildman–Crippen LogP) is -0.792. The van der Waals surface area contributed by atoms with Gasteiger partial charge in [0.05, 0.1) is 12.6 Å². The average Bonchev–Trinajstić information content (AvgIpc) is 3.57. The van der Waals surface area contributed by atoms with Crippen molar-refractivity contribution >= 4 is 80.9 Å². The van der Waals surface area contributed by atoms with E-state index in [4.69, 9.17) is 21.4 Å². The summed E-state index contributed by atoms with van der Waals surface area (Å²) in [5, 5.41) is 31.0. The number of nitrogens with zero attached hydrogens (tertiary/aromatic N) is 7. The van der Waals surface area contributed by atoms with Crippen molar-refractivity contribution in [3.8, 4) is 0 Å². The number of nitrogen functional groups attached to an aromatic ring is 2. The van der Waals surface area contributed by atoms with Crippen molar-refractivity contribution in [3.63, 3.8) is 0 Å². The van der Waals surface area contributed by atoms with Gasteiger partial charge in [0.1, 0.15) is 28.6 Å². The van der Waals surface area contributed by atoms with Gasteiger partial charge >= 0.3 is 11.9 Å². The highest BCUT2D eigenvalue weighted by Gasteiger charge is 2.54. The van der Waals surface area contributed by atoms with Gasteiger partial charge in [0.15, 0.2) is 10.8 Å². The molecule has 5 heterocycles. The lowest BCUT2D eigenvalue weighted by molar-refractivity contribution is -0.646. The van der Waals surface area contributed by atoms with Gasteiger partial charge in [0.2, 0.25) is 6.10 Å². The fraction of sp³-hybridized carbons (Fsp3) is 0.348. The largest absolute Gasteiger partial charge is 0.478 e. The summed E-state index contributed by atoms with van der Waals surface area (Å²) in [6.07, 6.45) is 0.244. The van der Waals surface area contributed by atoms with Crippen LogP contribution in [0.1, 0.15) is 18.2 Å². The monoisotopic (exact) mass is 649 g/mol. The molecule has 0 radical (unpaired) electrons. The first kappa shape index (κ1) is 30.0. The zero-order valence-electron chi connectivity index (χ0n) is 22.7. The summed E-state index contributed by atoms with van der Waals surface area (Å²) in [4.78, 5) is 64.3. The van der Waals surface area contributed by atoms with Gasteiger partial charge in [-0.3, -0.25) is 14.5 Å². The van der Waals surface area contributed by atoms with Crippen molar-refractivity contribution < 1.29 is 38.8 Å². The Kier molecular flexibility index (Phi) is 8.16. The molecule has 1 unspecified atom stereocenters. The summed E-state index contributed by atoms with van der Waals surface area (Å²) >= 11 is 3.53. The Hall–Kier alpha value is -4.43. The third-order valence-corrected chi connectivity index (χ3v) is 9.56. The Morgan fingerprint density at radius 3 is 2.72 bits per heavy atom. The number of oxime groups is 1. The van der Waals surface area contributed by atoms with Gasteiger partial charge in [-0.15, -0.1) is 23.1 Å². The quantitative estimate of drug-likeness (QED) is 0.0451. The summed E-state index contributed by atoms with van der Waals surface area (Å²) in [6.45, 7) is 3.05. The second kappa shape index (κ2) is 11.7. The van der Waals surface area contributed by atoms with Crippen LogP contribution in [-0.2, 0) is 31.1 Å². The molecule has 0 aliphatic carbocycles. The van der Waals surface area contributed by atoms with Gasteiger partial charge in [-0.1, -0.05) is 16.9 Å². The molecule has 0 bridgehead atoms. The number of aryl methyl sites for hydroxylation is 2. The van der Waals surface area contributed by atoms with Gasteiger partial charge in [0, 0.05) is 22.0 Å². The molecule has 0 spiro atoms. The molecule has 3 aromatic heterocycles. The second-order valence-electron chi connectivity index (χ2n) is 9.39. The zero-order chi connectivity index (χ0) is 31.2. The minimum Gasteiger partial charge on any atom is -0.478 e. The fourth-order valence-corrected chi connectivity index (χ4v) is 7.31. The minimum atomic E-state index is -1.37. The Morgan fingerprint density at radius 2 is 2.07 bits per heavy atom. The third-order valence-electron chi connectivity index (χ3n) is 6.53. The molecular weight excluding hydrogens is 625 g/mol. The Morgan fingerprint density at radius 1 is 1.33 bits per heavy atom. The Balaban J connectivity index is 1.35. The molecule has 0 saturated carbocycles. The van der Waals surface area contributed by atoms with E-state index in [1.54, 1.807) is 15.4 Å². The molecule has 20 heteroatoms. The average molecular weight is 650 g/mol. The van der Waals surface area contributed by atoms with Gasteiger partial charge in [0.25, 0.3) is 28.9 Å². The van der Waals surface area contributed by atoms with E-state index in [-0.39, 0.29) is 33.7 Å². The number of thiazole rings is 1. The highest BCUT2D eigenvalue weighted by Crippen LogP contribution is 2.41. The first-order chi connectivity index (χ1) is 20.4. The summed E-state index contributed by atoms with van der Waals surface area (Å²) < 4.78 is 3.42. The van der Waals surface area contributed by atoms with Crippen molar-refractivity contribution in [1.82, 2.24) is 29.8 Å². The number of aromatic nitrogens is 5. The summed E-state index contributed by atoms with van der Waals surface area (Å²) in [5.41, 5.74) is 13.2. The maximum absolute atomic E-state index is 13.2. The van der Waals surface area contributed by atoms with Crippen molar-refractivity contribution in [2.45, 2.75) is 36.5 Å². The predicted molar refractivity (Wildman–Crippen MR) is 155 cm³/mol. The Labute approximate surface area is 255 Å². The molecule has 3 atom stereocenters. The number of nitrogens with one attached hydrogen (secondary N) is 1. The molecule has 2 aliphatic heterocycles. The third kappa shape index (κ3) is 5.55. The molecule has 1 fully saturated rings. The number of carbonyl (C=O) groups excluding carboxylic acids is 2. The van der Waals surface area contributed by atoms with Gasteiger partial charge in [-0.25, -0.2) is 19.1 Å². The summed E-state index contributed by atoms with van der Waals surface area (Å²) in [6, 6.07) is -1.08. The number of β-lactam (4-membered cyclic amide) rings is 1. The van der Waals surface area contributed by atoms with E-state index >= 15 is 0 Å². The van der Waals surface area contributed by atoms with E-state index in [9.17, 15) is 24.3 Å². The van der Waals surface area contributed by atoms with Crippen molar-refractivity contribution in [2.75, 3.05) is 23.0 Å². The first-order valence-electron chi connectivity index (χ1n) is 12.4. The van der Waals surface area contributed by atoms with Crippen LogP contribution in [0.5, 0.6) is 0 Å². The van der Waals surface area contributed by atoms with E-state index in [0.717, 1.165) is 27.4 Å². The van der Waals surface area contributed by atoms with Crippen LogP contribution in [0.4, 0.5) is 10.9 Å². The van der Waals surface area contributed by atoms with E-state index in [1.807, 2.05) is 14.0 Å². The number of carbonyl (C=O) groups is 4. The zero-order valence-corrected chi connectivity index (χ0v) is 25.2. The number of rotatable bonds is 10. The Bertz CT molecular complexity index is 1740. The number of carboxylic acids is 2. The number of amides is 2. The van der Waals surface area contributed by atoms with E-state index in [2.05, 4.69) is 25.5 Å². The van der Waals surface area contributed by atoms with Crippen LogP contribution in [-0.4, -0.2) is 93.2 Å². The van der Waals surface area contributed by atoms with Gasteiger partial charge in [-0.2, -0.15) is 4.98 Å². The highest BCUT2D eigenvalue weighted by molar-refractivity contribution is 8.01. The number of hydrogen-bond acceptors (Lipinski definition) is 14. The van der Waals surface area contributed by atoms with Crippen LogP contribution in [0.25, 0.3) is 5.65 Å². The number of nitrogens with two attached hydrogens (primary N) is 2. The van der Waals surface area contributed by atoms with E-state index in [1.165, 1.54) is 35.8 Å². The molecule has 0 aromatic carbocycles. The molecule has 43 heavy (non-hydrogen) atoms. The molecule has 2 aliphatic rings. The lowest BCUT2D eigenvalue weighted by atomic mass is 10.0.